The second-order valence-corrected chi connectivity index (χ2v) is 15.1. The molecule has 3 aromatic carbocycles. The van der Waals surface area contributed by atoms with Crippen molar-refractivity contribution >= 4 is 76.0 Å². The van der Waals surface area contributed by atoms with Crippen LogP contribution >= 0.6 is 0 Å². The number of anilines is 1. The Labute approximate surface area is 393 Å². The van der Waals surface area contributed by atoms with Gasteiger partial charge in [-0.3, -0.25) is 28.8 Å². The Morgan fingerprint density at radius 1 is 0.551 bits per heavy atom. The number of amides is 6. The topological polar surface area (TPSA) is 495 Å². The molecule has 6 amide bonds. The fraction of sp³-hybridized carbons (Fsp3) is 0.268. The molecule has 0 saturated carbocycles. The first-order valence-corrected chi connectivity index (χ1v) is 20.6. The van der Waals surface area contributed by atoms with Crippen LogP contribution < -0.4 is 83.1 Å². The van der Waals surface area contributed by atoms with Crippen LogP contribution in [0, 0.1) is 5.92 Å². The number of nitrogens with two attached hydrogens (primary N) is 9. The van der Waals surface area contributed by atoms with Crippen LogP contribution in [0.25, 0.3) is 22.3 Å². The van der Waals surface area contributed by atoms with Crippen molar-refractivity contribution in [2.75, 3.05) is 11.4 Å². The van der Waals surface area contributed by atoms with E-state index in [-0.39, 0.29) is 23.8 Å². The smallest absolute Gasteiger partial charge is 0.270 e. The average Bonchev–Trinajstić information content (AvgIpc) is 3.29. The number of fused-ring (bicyclic) bond motifs is 1. The van der Waals surface area contributed by atoms with E-state index in [4.69, 9.17) is 61.6 Å². The third-order valence-corrected chi connectivity index (χ3v) is 9.29. The minimum absolute atomic E-state index is 0.112. The molecule has 0 saturated heterocycles. The number of aliphatic hydroxyl groups excluding tert-OH is 1. The summed E-state index contributed by atoms with van der Waals surface area (Å²) in [6, 6.07) is 22.3. The van der Waals surface area contributed by atoms with Crippen molar-refractivity contribution in [1.29, 1.82) is 0 Å². The van der Waals surface area contributed by atoms with Crippen molar-refractivity contribution in [2.24, 2.45) is 77.5 Å². The average molecular weight is 954 g/mol. The highest BCUT2D eigenvalue weighted by Crippen LogP contribution is 2.29. The van der Waals surface area contributed by atoms with E-state index in [1.54, 1.807) is 42.5 Å². The number of carbonyl (C=O) groups excluding carboxylic acids is 6. The Morgan fingerprint density at radius 2 is 0.986 bits per heavy atom. The molecule has 366 valence electrons. The zero-order chi connectivity index (χ0) is 50.9. The SMILES string of the molecule is CC(C)CCN(c1nc(-c2ccccc2)nc2ccccc12)C(O)C(=O)NC(C(=O)NC(N=C(N)N)C(=O)NC(N=C(N)N)C(=O)NC(N=C(N)N)C(=O)NC(N=C(N)N)C(N)=O)c1ccccc1. The Bertz CT molecular complexity index is 2600. The summed E-state index contributed by atoms with van der Waals surface area (Å²) >= 11 is 0. The number of primary amides is 1. The summed E-state index contributed by atoms with van der Waals surface area (Å²) in [5, 5.41) is 23.5. The lowest BCUT2D eigenvalue weighted by Crippen LogP contribution is -2.58. The lowest BCUT2D eigenvalue weighted by Gasteiger charge is -2.31. The number of para-hydroxylation sites is 1. The van der Waals surface area contributed by atoms with Crippen LogP contribution in [0.4, 0.5) is 5.82 Å². The first-order chi connectivity index (χ1) is 32.6. The zero-order valence-corrected chi connectivity index (χ0v) is 37.3. The van der Waals surface area contributed by atoms with Crippen LogP contribution in [-0.2, 0) is 28.8 Å². The maximum atomic E-state index is 14.3. The number of nitrogens with one attached hydrogen (secondary N) is 5. The lowest BCUT2D eigenvalue weighted by atomic mass is 10.1. The molecular formula is C41H55N21O7. The van der Waals surface area contributed by atoms with Crippen molar-refractivity contribution in [3.63, 3.8) is 0 Å². The normalized spacial score (nSPS) is 13.3. The molecule has 69 heavy (non-hydrogen) atoms. The van der Waals surface area contributed by atoms with Gasteiger partial charge in [0.2, 0.25) is 36.8 Å². The fourth-order valence-corrected chi connectivity index (χ4v) is 6.13. The van der Waals surface area contributed by atoms with E-state index in [0.717, 1.165) is 0 Å². The molecule has 0 aliphatic rings. The maximum absolute atomic E-state index is 14.3. The van der Waals surface area contributed by atoms with Crippen LogP contribution in [0.5, 0.6) is 0 Å². The van der Waals surface area contributed by atoms with Crippen LogP contribution in [-0.4, -0.2) is 112 Å². The number of hydrogen-bond donors (Lipinski definition) is 15. The Morgan fingerprint density at radius 3 is 1.46 bits per heavy atom. The minimum atomic E-state index is -2.14. The van der Waals surface area contributed by atoms with Crippen molar-refractivity contribution in [2.45, 2.75) is 57.2 Å². The lowest BCUT2D eigenvalue weighted by molar-refractivity contribution is -0.136. The van der Waals surface area contributed by atoms with E-state index < -0.39 is 96.2 Å². The Kier molecular flexibility index (Phi) is 18.4. The van der Waals surface area contributed by atoms with Gasteiger partial charge in [-0.25, -0.2) is 29.9 Å². The maximum Gasteiger partial charge on any atom is 0.270 e. The molecule has 1 aromatic heterocycles. The number of rotatable bonds is 22. The van der Waals surface area contributed by atoms with Crippen LogP contribution in [0.2, 0.25) is 0 Å². The van der Waals surface area contributed by atoms with E-state index in [2.05, 4.69) is 41.2 Å². The van der Waals surface area contributed by atoms with Gasteiger partial charge in [-0.15, -0.1) is 0 Å². The molecule has 6 unspecified atom stereocenters. The molecule has 6 atom stereocenters. The van der Waals surface area contributed by atoms with E-state index in [9.17, 15) is 33.9 Å². The molecule has 4 rings (SSSR count). The summed E-state index contributed by atoms with van der Waals surface area (Å²) in [5.74, 6) is -9.63. The van der Waals surface area contributed by atoms with E-state index in [0.29, 0.717) is 28.7 Å². The van der Waals surface area contributed by atoms with Gasteiger partial charge in [0.15, 0.2) is 29.7 Å². The molecule has 0 aliphatic heterocycles. The number of benzene rings is 3. The van der Waals surface area contributed by atoms with Crippen molar-refractivity contribution in [3.8, 4) is 11.4 Å². The number of guanidine groups is 4. The Hall–Kier alpha value is -9.34. The highest BCUT2D eigenvalue weighted by atomic mass is 16.3. The Balaban J connectivity index is 1.66. The molecule has 1 heterocycles. The molecule has 0 spiro atoms. The number of aliphatic hydroxyl groups is 1. The first kappa shape index (κ1) is 52.3. The van der Waals surface area contributed by atoms with Gasteiger partial charge in [0.25, 0.3) is 29.5 Å². The van der Waals surface area contributed by atoms with Crippen molar-refractivity contribution in [3.05, 3.63) is 90.5 Å². The molecule has 0 aliphatic carbocycles. The van der Waals surface area contributed by atoms with Gasteiger partial charge in [-0.2, -0.15) is 0 Å². The van der Waals surface area contributed by atoms with Gasteiger partial charge < -0.3 is 88.2 Å². The van der Waals surface area contributed by atoms with Gasteiger partial charge in [-0.1, -0.05) is 86.6 Å². The van der Waals surface area contributed by atoms with E-state index in [1.807, 2.05) is 49.5 Å². The summed E-state index contributed by atoms with van der Waals surface area (Å²) in [5.41, 5.74) is 50.5. The highest BCUT2D eigenvalue weighted by Gasteiger charge is 2.35. The quantitative estimate of drug-likeness (QED) is 0.0199. The number of hydrogen-bond acceptors (Lipinski definition) is 14. The summed E-state index contributed by atoms with van der Waals surface area (Å²) < 4.78 is 0. The number of carbonyl (C=O) groups is 6. The predicted molar refractivity (Wildman–Crippen MR) is 255 cm³/mol. The molecule has 4 aromatic rings. The second kappa shape index (κ2) is 24.3. The van der Waals surface area contributed by atoms with Crippen LogP contribution in [0.3, 0.4) is 0 Å². The van der Waals surface area contributed by atoms with Gasteiger partial charge in [0.1, 0.15) is 11.9 Å². The van der Waals surface area contributed by atoms with E-state index >= 15 is 0 Å². The molecule has 0 fully saturated rings. The monoisotopic (exact) mass is 953 g/mol. The van der Waals surface area contributed by atoms with Gasteiger partial charge >= 0.3 is 0 Å². The molecule has 28 nitrogen and oxygen atoms in total. The molecular weight excluding hydrogens is 899 g/mol. The van der Waals surface area contributed by atoms with E-state index in [1.165, 1.54) is 17.0 Å². The van der Waals surface area contributed by atoms with Crippen molar-refractivity contribution < 1.29 is 33.9 Å². The number of aromatic nitrogens is 2. The van der Waals surface area contributed by atoms with Crippen molar-refractivity contribution in [1.82, 2.24) is 36.6 Å². The fourth-order valence-electron chi connectivity index (χ4n) is 6.13. The number of aliphatic imine (C=N–C) groups is 4. The molecule has 0 bridgehead atoms. The minimum Gasteiger partial charge on any atom is -0.370 e. The largest absolute Gasteiger partial charge is 0.370 e. The van der Waals surface area contributed by atoms with Gasteiger partial charge in [0, 0.05) is 17.5 Å². The van der Waals surface area contributed by atoms with Gasteiger partial charge in [-0.05, 0) is 30.0 Å². The summed E-state index contributed by atoms with van der Waals surface area (Å²) in [4.78, 5) is 106. The third kappa shape index (κ3) is 15.4. The summed E-state index contributed by atoms with van der Waals surface area (Å²) in [6.07, 6.45) is -9.60. The summed E-state index contributed by atoms with van der Waals surface area (Å²) in [6.45, 7) is 4.06. The molecule has 24 N–H and O–H groups in total. The van der Waals surface area contributed by atoms with Crippen LogP contribution in [0.1, 0.15) is 31.9 Å². The second-order valence-electron chi connectivity index (χ2n) is 15.1. The zero-order valence-electron chi connectivity index (χ0n) is 37.3. The summed E-state index contributed by atoms with van der Waals surface area (Å²) in [7, 11) is 0. The van der Waals surface area contributed by atoms with Gasteiger partial charge in [0.05, 0.1) is 5.52 Å². The predicted octanol–water partition coefficient (Wildman–Crippen LogP) is -5.33. The standard InChI is InChI=1S/C41H55N21O7/c1-19(2)17-18-62(31-22-15-9-10-16-23(22)51-26(53-31)21-13-7-4-8-14-21)37(69)36(68)52-24(20-11-5-3-6-12-20)32(64)55-28(59-39(45)46)34(66)57-30(61-41(49)50)35(67)56-29(60-40(47)48)33(65)54-27(25(42)63)58-38(43)44/h3-16,19,24,27-30,37,69H,17-18H2,1-2H3,(H2,42,63)(H,52,68)(H,54,65)(H,55,64)(H,56,67)(H,57,66)(H4,43,44,58)(H4,45,46,59)(H4,47,48,60)(H4,49,50,61). The molecule has 28 heteroatoms. The first-order valence-electron chi connectivity index (χ1n) is 20.6. The number of nitrogens with zero attached hydrogens (tertiary/aromatic N) is 7. The third-order valence-electron chi connectivity index (χ3n) is 9.29. The molecule has 0 radical (unpaired) electrons. The highest BCUT2D eigenvalue weighted by molar-refractivity contribution is 5.99. The van der Waals surface area contributed by atoms with Crippen LogP contribution in [0.15, 0.2) is 105 Å².